The van der Waals surface area contributed by atoms with Crippen molar-refractivity contribution in [2.45, 2.75) is 13.5 Å². The van der Waals surface area contributed by atoms with Crippen molar-refractivity contribution in [1.29, 1.82) is 0 Å². The second-order valence-corrected chi connectivity index (χ2v) is 5.02. The van der Waals surface area contributed by atoms with E-state index < -0.39 is 6.09 Å². The topological polar surface area (TPSA) is 64.3 Å². The molecule has 0 saturated heterocycles. The molecule has 0 radical (unpaired) electrons. The van der Waals surface area contributed by atoms with E-state index in [-0.39, 0.29) is 6.61 Å². The highest BCUT2D eigenvalue weighted by atomic mass is 16.5. The van der Waals surface area contributed by atoms with Crippen LogP contribution in [0.3, 0.4) is 0 Å². The number of benzene rings is 2. The Labute approximate surface area is 130 Å². The van der Waals surface area contributed by atoms with Crippen molar-refractivity contribution in [3.8, 4) is 0 Å². The molecule has 22 heavy (non-hydrogen) atoms. The standard InChI is InChI=1S/C18H20N2O2/c1-14-10-16(12-17(19)11-14)8-5-9-20-18(21)22-13-15-6-3-2-4-7-15/h2-8,10-12H,9,13,19H2,1H3,(H,20,21). The van der Waals surface area contributed by atoms with Crippen LogP contribution in [-0.2, 0) is 11.3 Å². The first-order valence-electron chi connectivity index (χ1n) is 7.12. The molecule has 2 rings (SSSR count). The van der Waals surface area contributed by atoms with E-state index in [1.165, 1.54) is 0 Å². The average Bonchev–Trinajstić information content (AvgIpc) is 2.50. The van der Waals surface area contributed by atoms with Crippen molar-refractivity contribution in [1.82, 2.24) is 5.32 Å². The first-order valence-corrected chi connectivity index (χ1v) is 7.12. The van der Waals surface area contributed by atoms with Crippen molar-refractivity contribution in [2.24, 2.45) is 0 Å². The minimum atomic E-state index is -0.433. The minimum Gasteiger partial charge on any atom is -0.445 e. The Bertz CT molecular complexity index is 631. The molecular weight excluding hydrogens is 276 g/mol. The maximum absolute atomic E-state index is 11.5. The Morgan fingerprint density at radius 1 is 1.23 bits per heavy atom. The average molecular weight is 296 g/mol. The van der Waals surface area contributed by atoms with E-state index in [0.717, 1.165) is 22.4 Å². The molecular formula is C18H20N2O2. The third-order valence-corrected chi connectivity index (χ3v) is 3.01. The smallest absolute Gasteiger partial charge is 0.407 e. The van der Waals surface area contributed by atoms with Crippen molar-refractivity contribution in [3.05, 3.63) is 71.3 Å². The second kappa shape index (κ2) is 7.88. The van der Waals surface area contributed by atoms with Crippen molar-refractivity contribution in [3.63, 3.8) is 0 Å². The molecule has 0 aromatic heterocycles. The van der Waals surface area contributed by atoms with Gasteiger partial charge in [-0.2, -0.15) is 0 Å². The highest BCUT2D eigenvalue weighted by Crippen LogP contribution is 2.12. The SMILES string of the molecule is Cc1cc(N)cc(C=CCNC(=O)OCc2ccccc2)c1. The monoisotopic (exact) mass is 296 g/mol. The number of aryl methyl sites for hydroxylation is 1. The fourth-order valence-electron chi connectivity index (χ4n) is 2.05. The molecule has 1 amide bonds. The predicted molar refractivity (Wildman–Crippen MR) is 89.3 cm³/mol. The molecule has 0 spiro atoms. The molecule has 0 atom stereocenters. The molecule has 3 N–H and O–H groups in total. The van der Waals surface area contributed by atoms with Gasteiger partial charge < -0.3 is 15.8 Å². The Morgan fingerprint density at radius 3 is 2.73 bits per heavy atom. The number of hydrogen-bond acceptors (Lipinski definition) is 3. The molecule has 2 aromatic rings. The maximum atomic E-state index is 11.5. The van der Waals surface area contributed by atoms with E-state index in [2.05, 4.69) is 5.32 Å². The van der Waals surface area contributed by atoms with Gasteiger partial charge in [-0.05, 0) is 35.7 Å². The van der Waals surface area contributed by atoms with Crippen molar-refractivity contribution >= 4 is 17.9 Å². The minimum absolute atomic E-state index is 0.269. The van der Waals surface area contributed by atoms with Gasteiger partial charge in [0, 0.05) is 12.2 Å². The van der Waals surface area contributed by atoms with Crippen LogP contribution >= 0.6 is 0 Å². The second-order valence-electron chi connectivity index (χ2n) is 5.02. The number of amides is 1. The van der Waals surface area contributed by atoms with Crippen LogP contribution in [0.5, 0.6) is 0 Å². The van der Waals surface area contributed by atoms with Crippen LogP contribution in [0.2, 0.25) is 0 Å². The summed E-state index contributed by atoms with van der Waals surface area (Å²) in [6.07, 6.45) is 3.34. The number of carbonyl (C=O) groups excluding carboxylic acids is 1. The lowest BCUT2D eigenvalue weighted by Gasteiger charge is -2.05. The molecule has 4 nitrogen and oxygen atoms in total. The van der Waals surface area contributed by atoms with Crippen molar-refractivity contribution < 1.29 is 9.53 Å². The fourth-order valence-corrected chi connectivity index (χ4v) is 2.05. The van der Waals surface area contributed by atoms with Gasteiger partial charge in [0.2, 0.25) is 0 Å². The summed E-state index contributed by atoms with van der Waals surface area (Å²) in [5.41, 5.74) is 9.59. The summed E-state index contributed by atoms with van der Waals surface area (Å²) in [5, 5.41) is 2.67. The molecule has 4 heteroatoms. The zero-order valence-corrected chi connectivity index (χ0v) is 12.6. The summed E-state index contributed by atoms with van der Waals surface area (Å²) in [6, 6.07) is 15.4. The number of anilines is 1. The summed E-state index contributed by atoms with van der Waals surface area (Å²) >= 11 is 0. The van der Waals surface area contributed by atoms with E-state index in [0.29, 0.717) is 6.54 Å². The molecule has 0 aliphatic heterocycles. The first-order chi connectivity index (χ1) is 10.6. The Kier molecular flexibility index (Phi) is 5.60. The quantitative estimate of drug-likeness (QED) is 0.830. The van der Waals surface area contributed by atoms with Crippen LogP contribution in [0, 0.1) is 6.92 Å². The molecule has 0 aliphatic rings. The van der Waals surface area contributed by atoms with Gasteiger partial charge in [0.15, 0.2) is 0 Å². The third-order valence-electron chi connectivity index (χ3n) is 3.01. The van der Waals surface area contributed by atoms with Gasteiger partial charge in [-0.15, -0.1) is 0 Å². The summed E-state index contributed by atoms with van der Waals surface area (Å²) < 4.78 is 5.11. The van der Waals surface area contributed by atoms with Crippen LogP contribution in [0.15, 0.2) is 54.6 Å². The highest BCUT2D eigenvalue weighted by Gasteiger charge is 2.00. The van der Waals surface area contributed by atoms with Gasteiger partial charge in [-0.1, -0.05) is 48.6 Å². The van der Waals surface area contributed by atoms with E-state index >= 15 is 0 Å². The number of hydrogen-bond donors (Lipinski definition) is 2. The normalized spacial score (nSPS) is 10.6. The van der Waals surface area contributed by atoms with Crippen LogP contribution < -0.4 is 11.1 Å². The summed E-state index contributed by atoms with van der Waals surface area (Å²) in [7, 11) is 0. The van der Waals surface area contributed by atoms with Gasteiger partial charge >= 0.3 is 6.09 Å². The number of carbonyl (C=O) groups is 1. The lowest BCUT2D eigenvalue weighted by molar-refractivity contribution is 0.141. The number of ether oxygens (including phenoxy) is 1. The molecule has 0 heterocycles. The maximum Gasteiger partial charge on any atom is 0.407 e. The fraction of sp³-hybridized carbons (Fsp3) is 0.167. The number of nitrogens with one attached hydrogen (secondary N) is 1. The number of nitrogen functional groups attached to an aromatic ring is 1. The molecule has 0 saturated carbocycles. The zero-order valence-electron chi connectivity index (χ0n) is 12.6. The predicted octanol–water partition coefficient (Wildman–Crippen LogP) is 3.52. The van der Waals surface area contributed by atoms with Crippen molar-refractivity contribution in [2.75, 3.05) is 12.3 Å². The Balaban J connectivity index is 1.73. The van der Waals surface area contributed by atoms with Crippen LogP contribution in [0.1, 0.15) is 16.7 Å². The van der Waals surface area contributed by atoms with E-state index in [1.54, 1.807) is 0 Å². The first kappa shape index (κ1) is 15.6. The molecule has 114 valence electrons. The molecule has 0 fully saturated rings. The molecule has 0 bridgehead atoms. The van der Waals surface area contributed by atoms with Crippen LogP contribution in [0.4, 0.5) is 10.5 Å². The summed E-state index contributed by atoms with van der Waals surface area (Å²) in [6.45, 7) is 2.67. The summed E-state index contributed by atoms with van der Waals surface area (Å²) in [5.74, 6) is 0. The van der Waals surface area contributed by atoms with Gasteiger partial charge in [0.05, 0.1) is 0 Å². The Morgan fingerprint density at radius 2 is 2.00 bits per heavy atom. The highest BCUT2D eigenvalue weighted by molar-refractivity contribution is 5.67. The summed E-state index contributed by atoms with van der Waals surface area (Å²) in [4.78, 5) is 11.5. The van der Waals surface area contributed by atoms with E-state index in [9.17, 15) is 4.79 Å². The van der Waals surface area contributed by atoms with E-state index in [4.69, 9.17) is 10.5 Å². The van der Waals surface area contributed by atoms with Crippen LogP contribution in [0.25, 0.3) is 6.08 Å². The number of rotatable bonds is 5. The van der Waals surface area contributed by atoms with Gasteiger partial charge in [0.25, 0.3) is 0 Å². The van der Waals surface area contributed by atoms with Gasteiger partial charge in [-0.3, -0.25) is 0 Å². The number of nitrogens with two attached hydrogens (primary N) is 1. The zero-order chi connectivity index (χ0) is 15.8. The lowest BCUT2D eigenvalue weighted by atomic mass is 10.1. The van der Waals surface area contributed by atoms with Gasteiger partial charge in [-0.25, -0.2) is 4.79 Å². The Hall–Kier alpha value is -2.75. The largest absolute Gasteiger partial charge is 0.445 e. The third kappa shape index (κ3) is 5.32. The van der Waals surface area contributed by atoms with Crippen LogP contribution in [-0.4, -0.2) is 12.6 Å². The number of alkyl carbamates (subject to hydrolysis) is 1. The molecule has 0 unspecified atom stereocenters. The lowest BCUT2D eigenvalue weighted by Crippen LogP contribution is -2.24. The van der Waals surface area contributed by atoms with Gasteiger partial charge in [0.1, 0.15) is 6.61 Å². The van der Waals surface area contributed by atoms with E-state index in [1.807, 2.05) is 67.6 Å². The molecule has 0 aliphatic carbocycles. The molecule has 2 aromatic carbocycles.